The summed E-state index contributed by atoms with van der Waals surface area (Å²) in [4.78, 5) is 0.915. The van der Waals surface area contributed by atoms with E-state index in [-0.39, 0.29) is 0 Å². The SMILES string of the molecule is CC(C)(O)c1ccc(S)cc1. The summed E-state index contributed by atoms with van der Waals surface area (Å²) in [5.74, 6) is 0. The minimum Gasteiger partial charge on any atom is -0.386 e. The molecule has 60 valence electrons. The molecular weight excluding hydrogens is 156 g/mol. The molecule has 0 saturated carbocycles. The third-order valence-electron chi connectivity index (χ3n) is 1.57. The van der Waals surface area contributed by atoms with Crippen LogP contribution >= 0.6 is 12.6 Å². The van der Waals surface area contributed by atoms with Crippen molar-refractivity contribution in [1.29, 1.82) is 0 Å². The van der Waals surface area contributed by atoms with E-state index in [4.69, 9.17) is 0 Å². The molecule has 0 aliphatic rings. The first-order valence-electron chi connectivity index (χ1n) is 3.52. The van der Waals surface area contributed by atoms with Gasteiger partial charge in [0.2, 0.25) is 0 Å². The van der Waals surface area contributed by atoms with Crippen LogP contribution in [0.1, 0.15) is 19.4 Å². The maximum Gasteiger partial charge on any atom is 0.0840 e. The topological polar surface area (TPSA) is 20.2 Å². The predicted octanol–water partition coefficient (Wildman–Crippen LogP) is 2.20. The lowest BCUT2D eigenvalue weighted by atomic mass is 9.99. The molecule has 2 heteroatoms. The second kappa shape index (κ2) is 2.88. The van der Waals surface area contributed by atoms with Crippen LogP contribution < -0.4 is 0 Å². The number of thiol groups is 1. The van der Waals surface area contributed by atoms with Crippen molar-refractivity contribution in [2.45, 2.75) is 24.3 Å². The first-order chi connectivity index (χ1) is 5.00. The second-order valence-electron chi connectivity index (χ2n) is 3.11. The molecule has 0 saturated heterocycles. The first kappa shape index (κ1) is 8.62. The summed E-state index contributed by atoms with van der Waals surface area (Å²) >= 11 is 4.15. The average molecular weight is 168 g/mol. The summed E-state index contributed by atoms with van der Waals surface area (Å²) in [6.07, 6.45) is 0. The normalized spacial score (nSPS) is 11.6. The molecule has 1 rings (SSSR count). The molecule has 11 heavy (non-hydrogen) atoms. The molecule has 0 bridgehead atoms. The summed E-state index contributed by atoms with van der Waals surface area (Å²) in [6, 6.07) is 7.50. The Morgan fingerprint density at radius 3 is 2.00 bits per heavy atom. The fraction of sp³-hybridized carbons (Fsp3) is 0.333. The highest BCUT2D eigenvalue weighted by atomic mass is 32.1. The van der Waals surface area contributed by atoms with Crippen molar-refractivity contribution < 1.29 is 5.11 Å². The van der Waals surface area contributed by atoms with Gasteiger partial charge in [0, 0.05) is 4.90 Å². The third-order valence-corrected chi connectivity index (χ3v) is 1.87. The molecule has 0 radical (unpaired) electrons. The quantitative estimate of drug-likeness (QED) is 0.616. The lowest BCUT2D eigenvalue weighted by Crippen LogP contribution is -2.14. The van der Waals surface area contributed by atoms with E-state index in [1.807, 2.05) is 24.3 Å². The van der Waals surface area contributed by atoms with Crippen LogP contribution in [0.5, 0.6) is 0 Å². The van der Waals surface area contributed by atoms with Gasteiger partial charge in [-0.3, -0.25) is 0 Å². The van der Waals surface area contributed by atoms with Crippen LogP contribution in [-0.4, -0.2) is 5.11 Å². The van der Waals surface area contributed by atoms with E-state index in [2.05, 4.69) is 12.6 Å². The van der Waals surface area contributed by atoms with Crippen LogP contribution in [0.4, 0.5) is 0 Å². The summed E-state index contributed by atoms with van der Waals surface area (Å²) in [7, 11) is 0. The van der Waals surface area contributed by atoms with Gasteiger partial charge in [0.15, 0.2) is 0 Å². The molecule has 1 aromatic rings. The average Bonchev–Trinajstić information content (AvgIpc) is 1.86. The number of hydrogen-bond donors (Lipinski definition) is 2. The van der Waals surface area contributed by atoms with Crippen LogP contribution in [0, 0.1) is 0 Å². The predicted molar refractivity (Wildman–Crippen MR) is 48.9 cm³/mol. The third kappa shape index (κ3) is 2.24. The molecule has 0 aliphatic heterocycles. The minimum absolute atomic E-state index is 0.749. The van der Waals surface area contributed by atoms with E-state index >= 15 is 0 Å². The van der Waals surface area contributed by atoms with Crippen molar-refractivity contribution in [3.63, 3.8) is 0 Å². The van der Waals surface area contributed by atoms with Crippen LogP contribution in [0.2, 0.25) is 0 Å². The fourth-order valence-corrected chi connectivity index (χ4v) is 1.02. The molecule has 0 aliphatic carbocycles. The maximum atomic E-state index is 9.55. The van der Waals surface area contributed by atoms with Gasteiger partial charge in [-0.1, -0.05) is 12.1 Å². The van der Waals surface area contributed by atoms with Gasteiger partial charge in [-0.05, 0) is 31.5 Å². The zero-order valence-electron chi connectivity index (χ0n) is 6.70. The molecule has 0 amide bonds. The smallest absolute Gasteiger partial charge is 0.0840 e. The Balaban J connectivity index is 2.99. The fourth-order valence-electron chi connectivity index (χ4n) is 0.869. The van der Waals surface area contributed by atoms with Crippen molar-refractivity contribution in [2.75, 3.05) is 0 Å². The Bertz CT molecular complexity index is 233. The van der Waals surface area contributed by atoms with Crippen molar-refractivity contribution >= 4 is 12.6 Å². The Hall–Kier alpha value is -0.470. The van der Waals surface area contributed by atoms with E-state index in [0.29, 0.717) is 0 Å². The molecule has 0 unspecified atom stereocenters. The standard InChI is InChI=1S/C9H12OS/c1-9(2,10)7-3-5-8(11)6-4-7/h3-6,10-11H,1-2H3. The van der Waals surface area contributed by atoms with Crippen LogP contribution in [-0.2, 0) is 5.60 Å². The van der Waals surface area contributed by atoms with Crippen molar-refractivity contribution in [1.82, 2.24) is 0 Å². The molecule has 0 spiro atoms. The summed E-state index contributed by atoms with van der Waals surface area (Å²) < 4.78 is 0. The van der Waals surface area contributed by atoms with E-state index in [1.54, 1.807) is 13.8 Å². The molecule has 1 N–H and O–H groups in total. The highest BCUT2D eigenvalue weighted by Crippen LogP contribution is 2.20. The van der Waals surface area contributed by atoms with Crippen LogP contribution in [0.25, 0.3) is 0 Å². The highest BCUT2D eigenvalue weighted by molar-refractivity contribution is 7.80. The molecule has 0 aromatic heterocycles. The van der Waals surface area contributed by atoms with Gasteiger partial charge in [-0.2, -0.15) is 0 Å². The van der Waals surface area contributed by atoms with Gasteiger partial charge in [-0.15, -0.1) is 12.6 Å². The molecular formula is C9H12OS. The molecule has 0 fully saturated rings. The number of hydrogen-bond acceptors (Lipinski definition) is 2. The van der Waals surface area contributed by atoms with Gasteiger partial charge >= 0.3 is 0 Å². The minimum atomic E-state index is -0.749. The van der Waals surface area contributed by atoms with E-state index in [1.165, 1.54) is 0 Å². The molecule has 0 atom stereocenters. The van der Waals surface area contributed by atoms with Crippen molar-refractivity contribution in [3.8, 4) is 0 Å². The second-order valence-corrected chi connectivity index (χ2v) is 3.62. The van der Waals surface area contributed by atoms with Crippen LogP contribution in [0.15, 0.2) is 29.2 Å². The Morgan fingerprint density at radius 1 is 1.18 bits per heavy atom. The molecule has 1 nitrogen and oxygen atoms in total. The Labute approximate surface area is 72.5 Å². The van der Waals surface area contributed by atoms with Gasteiger partial charge in [-0.25, -0.2) is 0 Å². The summed E-state index contributed by atoms with van der Waals surface area (Å²) in [5.41, 5.74) is 0.164. The van der Waals surface area contributed by atoms with E-state index in [9.17, 15) is 5.11 Å². The van der Waals surface area contributed by atoms with Gasteiger partial charge < -0.3 is 5.11 Å². The van der Waals surface area contributed by atoms with E-state index in [0.717, 1.165) is 10.5 Å². The largest absolute Gasteiger partial charge is 0.386 e. The Morgan fingerprint density at radius 2 is 1.64 bits per heavy atom. The lowest BCUT2D eigenvalue weighted by molar-refractivity contribution is 0.0785. The van der Waals surface area contributed by atoms with Crippen LogP contribution in [0.3, 0.4) is 0 Å². The number of aliphatic hydroxyl groups is 1. The monoisotopic (exact) mass is 168 g/mol. The maximum absolute atomic E-state index is 9.55. The van der Waals surface area contributed by atoms with Gasteiger partial charge in [0.25, 0.3) is 0 Å². The van der Waals surface area contributed by atoms with Gasteiger partial charge in [0.1, 0.15) is 0 Å². The number of rotatable bonds is 1. The van der Waals surface area contributed by atoms with Gasteiger partial charge in [0.05, 0.1) is 5.60 Å². The summed E-state index contributed by atoms with van der Waals surface area (Å²) in [6.45, 7) is 3.53. The van der Waals surface area contributed by atoms with E-state index < -0.39 is 5.60 Å². The highest BCUT2D eigenvalue weighted by Gasteiger charge is 2.14. The number of benzene rings is 1. The Kier molecular flexibility index (Phi) is 2.25. The van der Waals surface area contributed by atoms with Crippen molar-refractivity contribution in [2.24, 2.45) is 0 Å². The lowest BCUT2D eigenvalue weighted by Gasteiger charge is -2.17. The zero-order valence-corrected chi connectivity index (χ0v) is 7.60. The summed E-state index contributed by atoms with van der Waals surface area (Å²) in [5, 5.41) is 9.55. The molecule has 0 heterocycles. The molecule has 1 aromatic carbocycles. The zero-order chi connectivity index (χ0) is 8.48. The first-order valence-corrected chi connectivity index (χ1v) is 3.97. The van der Waals surface area contributed by atoms with Crippen molar-refractivity contribution in [3.05, 3.63) is 29.8 Å².